The van der Waals surface area contributed by atoms with Crippen molar-refractivity contribution in [2.45, 2.75) is 51.9 Å². The number of fused-ring (bicyclic) bond motifs is 1. The van der Waals surface area contributed by atoms with E-state index in [0.29, 0.717) is 5.41 Å². The summed E-state index contributed by atoms with van der Waals surface area (Å²) in [4.78, 5) is 2.77. The zero-order chi connectivity index (χ0) is 14.5. The summed E-state index contributed by atoms with van der Waals surface area (Å²) in [5.41, 5.74) is 0.386. The molecule has 1 saturated carbocycles. The molecule has 2 heterocycles. The van der Waals surface area contributed by atoms with Gasteiger partial charge in [-0.05, 0) is 50.6 Å². The molecule has 0 bridgehead atoms. The SMILES string of the molecule is CCCNCC1(CN2CCC3CCCCC3C2)CCOC1. The molecular formula is C18H34N2O. The number of ether oxygens (including phenoxy) is 1. The van der Waals surface area contributed by atoms with Crippen LogP contribution < -0.4 is 5.32 Å². The zero-order valence-corrected chi connectivity index (χ0v) is 13.9. The van der Waals surface area contributed by atoms with E-state index in [9.17, 15) is 0 Å². The largest absolute Gasteiger partial charge is 0.381 e. The molecule has 0 aromatic carbocycles. The fourth-order valence-electron chi connectivity index (χ4n) is 4.79. The van der Waals surface area contributed by atoms with Crippen molar-refractivity contribution < 1.29 is 4.74 Å². The van der Waals surface area contributed by atoms with Crippen LogP contribution in [0, 0.1) is 17.3 Å². The number of rotatable bonds is 6. The standard InChI is InChI=1S/C18H34N2O/c1-2-9-19-13-18(8-11-21-15-18)14-20-10-7-16-5-3-4-6-17(16)12-20/h16-17,19H,2-15H2,1H3. The lowest BCUT2D eigenvalue weighted by atomic mass is 9.74. The molecule has 0 amide bonds. The molecule has 0 aromatic rings. The third kappa shape index (κ3) is 4.00. The Bertz CT molecular complexity index is 314. The van der Waals surface area contributed by atoms with Crippen LogP contribution in [0.4, 0.5) is 0 Å². The zero-order valence-electron chi connectivity index (χ0n) is 13.9. The first-order valence-corrected chi connectivity index (χ1v) is 9.32. The van der Waals surface area contributed by atoms with Crippen LogP contribution in [0.5, 0.6) is 0 Å². The van der Waals surface area contributed by atoms with E-state index in [2.05, 4.69) is 17.1 Å². The molecule has 0 radical (unpaired) electrons. The van der Waals surface area contributed by atoms with Crippen molar-refractivity contribution in [3.63, 3.8) is 0 Å². The summed E-state index contributed by atoms with van der Waals surface area (Å²) in [5.74, 6) is 2.04. The van der Waals surface area contributed by atoms with Gasteiger partial charge in [-0.2, -0.15) is 0 Å². The maximum absolute atomic E-state index is 5.77. The van der Waals surface area contributed by atoms with E-state index in [4.69, 9.17) is 4.74 Å². The highest BCUT2D eigenvalue weighted by molar-refractivity contribution is 4.91. The van der Waals surface area contributed by atoms with Gasteiger partial charge in [-0.3, -0.25) is 0 Å². The first-order chi connectivity index (χ1) is 10.3. The third-order valence-electron chi connectivity index (χ3n) is 6.05. The van der Waals surface area contributed by atoms with Gasteiger partial charge < -0.3 is 15.0 Å². The molecule has 1 N–H and O–H groups in total. The van der Waals surface area contributed by atoms with E-state index in [1.165, 1.54) is 64.6 Å². The quantitative estimate of drug-likeness (QED) is 0.762. The van der Waals surface area contributed by atoms with E-state index < -0.39 is 0 Å². The lowest BCUT2D eigenvalue weighted by Crippen LogP contribution is -2.49. The van der Waals surface area contributed by atoms with E-state index in [1.54, 1.807) is 0 Å². The minimum atomic E-state index is 0.386. The van der Waals surface area contributed by atoms with Gasteiger partial charge in [0.05, 0.1) is 6.61 Å². The van der Waals surface area contributed by atoms with Crippen molar-refractivity contribution in [1.82, 2.24) is 10.2 Å². The minimum absolute atomic E-state index is 0.386. The molecule has 3 unspecified atom stereocenters. The second-order valence-corrected chi connectivity index (χ2v) is 7.81. The number of hydrogen-bond donors (Lipinski definition) is 1. The van der Waals surface area contributed by atoms with Gasteiger partial charge in [-0.1, -0.05) is 26.2 Å². The monoisotopic (exact) mass is 294 g/mol. The van der Waals surface area contributed by atoms with Crippen molar-refractivity contribution in [2.75, 3.05) is 45.9 Å². The van der Waals surface area contributed by atoms with Crippen LogP contribution in [-0.2, 0) is 4.74 Å². The van der Waals surface area contributed by atoms with Crippen molar-refractivity contribution in [1.29, 1.82) is 0 Å². The summed E-state index contributed by atoms with van der Waals surface area (Å²) in [6.07, 6.45) is 9.87. The van der Waals surface area contributed by atoms with E-state index in [-0.39, 0.29) is 0 Å². The fraction of sp³-hybridized carbons (Fsp3) is 1.00. The predicted octanol–water partition coefficient (Wildman–Crippen LogP) is 2.90. The molecule has 3 heteroatoms. The Hall–Kier alpha value is -0.120. The molecule has 2 aliphatic heterocycles. The normalized spacial score (nSPS) is 37.6. The Labute approximate surface area is 130 Å². The lowest BCUT2D eigenvalue weighted by Gasteiger charge is -2.44. The fourth-order valence-corrected chi connectivity index (χ4v) is 4.79. The summed E-state index contributed by atoms with van der Waals surface area (Å²) in [7, 11) is 0. The van der Waals surface area contributed by atoms with Crippen LogP contribution in [0.2, 0.25) is 0 Å². The lowest BCUT2D eigenvalue weighted by molar-refractivity contribution is 0.0448. The Balaban J connectivity index is 1.53. The summed E-state index contributed by atoms with van der Waals surface area (Å²) in [5, 5.41) is 3.66. The Morgan fingerprint density at radius 1 is 1.19 bits per heavy atom. The van der Waals surface area contributed by atoms with Gasteiger partial charge in [0.2, 0.25) is 0 Å². The summed E-state index contributed by atoms with van der Waals surface area (Å²) >= 11 is 0. The van der Waals surface area contributed by atoms with E-state index >= 15 is 0 Å². The van der Waals surface area contributed by atoms with Crippen LogP contribution in [0.15, 0.2) is 0 Å². The molecule has 3 nitrogen and oxygen atoms in total. The summed E-state index contributed by atoms with van der Waals surface area (Å²) in [6.45, 7) is 10.4. The van der Waals surface area contributed by atoms with E-state index in [0.717, 1.165) is 38.1 Å². The van der Waals surface area contributed by atoms with Crippen LogP contribution in [0.3, 0.4) is 0 Å². The number of nitrogens with one attached hydrogen (secondary N) is 1. The van der Waals surface area contributed by atoms with Crippen molar-refractivity contribution in [3.05, 3.63) is 0 Å². The van der Waals surface area contributed by atoms with Gasteiger partial charge in [-0.15, -0.1) is 0 Å². The second-order valence-electron chi connectivity index (χ2n) is 7.81. The van der Waals surface area contributed by atoms with Gasteiger partial charge in [0.1, 0.15) is 0 Å². The highest BCUT2D eigenvalue weighted by atomic mass is 16.5. The van der Waals surface area contributed by atoms with Gasteiger partial charge in [0.25, 0.3) is 0 Å². The smallest absolute Gasteiger partial charge is 0.0547 e. The maximum atomic E-state index is 5.77. The van der Waals surface area contributed by atoms with Crippen molar-refractivity contribution in [3.8, 4) is 0 Å². The minimum Gasteiger partial charge on any atom is -0.381 e. The summed E-state index contributed by atoms with van der Waals surface area (Å²) in [6, 6.07) is 0. The van der Waals surface area contributed by atoms with Crippen LogP contribution in [0.1, 0.15) is 51.9 Å². The van der Waals surface area contributed by atoms with Crippen LogP contribution >= 0.6 is 0 Å². The van der Waals surface area contributed by atoms with Gasteiger partial charge >= 0.3 is 0 Å². The Morgan fingerprint density at radius 3 is 2.81 bits per heavy atom. The van der Waals surface area contributed by atoms with Gasteiger partial charge in [0.15, 0.2) is 0 Å². The number of nitrogens with zero attached hydrogens (tertiary/aromatic N) is 1. The highest BCUT2D eigenvalue weighted by Gasteiger charge is 2.39. The molecule has 0 spiro atoms. The molecule has 0 aromatic heterocycles. The maximum Gasteiger partial charge on any atom is 0.0547 e. The highest BCUT2D eigenvalue weighted by Crippen LogP contribution is 2.38. The van der Waals surface area contributed by atoms with Gasteiger partial charge in [-0.25, -0.2) is 0 Å². The predicted molar refractivity (Wildman–Crippen MR) is 87.5 cm³/mol. The molecule has 1 aliphatic carbocycles. The molecule has 3 rings (SSSR count). The second kappa shape index (κ2) is 7.43. The first kappa shape index (κ1) is 15.8. The van der Waals surface area contributed by atoms with Crippen molar-refractivity contribution in [2.24, 2.45) is 17.3 Å². The Morgan fingerprint density at radius 2 is 2.05 bits per heavy atom. The van der Waals surface area contributed by atoms with Crippen LogP contribution in [0.25, 0.3) is 0 Å². The molecular weight excluding hydrogens is 260 g/mol. The number of piperidine rings is 1. The summed E-state index contributed by atoms with van der Waals surface area (Å²) < 4.78 is 5.77. The first-order valence-electron chi connectivity index (χ1n) is 9.32. The molecule has 3 atom stereocenters. The average molecular weight is 294 g/mol. The number of likely N-dealkylation sites (tertiary alicyclic amines) is 1. The molecule has 3 fully saturated rings. The Kier molecular flexibility index (Phi) is 5.58. The molecule has 21 heavy (non-hydrogen) atoms. The van der Waals surface area contributed by atoms with Crippen LogP contribution in [-0.4, -0.2) is 50.8 Å². The third-order valence-corrected chi connectivity index (χ3v) is 6.05. The van der Waals surface area contributed by atoms with Gasteiger partial charge in [0, 0.05) is 31.7 Å². The van der Waals surface area contributed by atoms with Crippen molar-refractivity contribution >= 4 is 0 Å². The van der Waals surface area contributed by atoms with E-state index in [1.807, 2.05) is 0 Å². The number of hydrogen-bond acceptors (Lipinski definition) is 3. The molecule has 2 saturated heterocycles. The molecule has 122 valence electrons. The topological polar surface area (TPSA) is 24.5 Å². The molecule has 3 aliphatic rings. The average Bonchev–Trinajstić information content (AvgIpc) is 2.96.